The average molecular weight is 319 g/mol. The lowest BCUT2D eigenvalue weighted by atomic mass is 10.1. The summed E-state index contributed by atoms with van der Waals surface area (Å²) in [5, 5.41) is 3.22. The third-order valence-electron chi connectivity index (χ3n) is 3.28. The van der Waals surface area contributed by atoms with Crippen molar-refractivity contribution in [3.05, 3.63) is 52.5 Å². The van der Waals surface area contributed by atoms with Crippen molar-refractivity contribution in [2.24, 2.45) is 0 Å². The summed E-state index contributed by atoms with van der Waals surface area (Å²) in [5.74, 6) is 0.459. The van der Waals surface area contributed by atoms with Gasteiger partial charge in [-0.3, -0.25) is 4.79 Å². The summed E-state index contributed by atoms with van der Waals surface area (Å²) in [5.41, 5.74) is 8.79. The van der Waals surface area contributed by atoms with Gasteiger partial charge in [-0.25, -0.2) is 0 Å². The lowest BCUT2D eigenvalue weighted by molar-refractivity contribution is -0.122. The molecule has 0 saturated carbocycles. The Morgan fingerprint density at radius 2 is 1.95 bits per heavy atom. The predicted octanol–water partition coefficient (Wildman–Crippen LogP) is 3.95. The molecule has 2 rings (SSSR count). The quantitative estimate of drug-likeness (QED) is 0.839. The first-order chi connectivity index (χ1) is 10.4. The van der Waals surface area contributed by atoms with E-state index in [0.717, 1.165) is 11.1 Å². The summed E-state index contributed by atoms with van der Waals surface area (Å²) in [7, 11) is 0. The van der Waals surface area contributed by atoms with Crippen molar-refractivity contribution < 1.29 is 9.53 Å². The first-order valence-electron chi connectivity index (χ1n) is 6.96. The van der Waals surface area contributed by atoms with E-state index >= 15 is 0 Å². The molecule has 0 aromatic heterocycles. The number of carbonyl (C=O) groups excluding carboxylic acids is 1. The van der Waals surface area contributed by atoms with E-state index in [1.807, 2.05) is 32.0 Å². The van der Waals surface area contributed by atoms with E-state index in [1.165, 1.54) is 0 Å². The highest BCUT2D eigenvalue weighted by Gasteiger charge is 2.16. The van der Waals surface area contributed by atoms with Crippen molar-refractivity contribution in [2.75, 3.05) is 11.1 Å². The Hall–Kier alpha value is -2.20. The molecule has 1 atom stereocenters. The van der Waals surface area contributed by atoms with Gasteiger partial charge in [0.05, 0.1) is 10.7 Å². The number of hydrogen-bond donors (Lipinski definition) is 2. The molecule has 0 aliphatic rings. The fourth-order valence-corrected chi connectivity index (χ4v) is 2.06. The molecule has 0 fully saturated rings. The van der Waals surface area contributed by atoms with Crippen LogP contribution in [0, 0.1) is 13.8 Å². The van der Waals surface area contributed by atoms with Crippen molar-refractivity contribution >= 4 is 28.9 Å². The van der Waals surface area contributed by atoms with Gasteiger partial charge in [-0.2, -0.15) is 0 Å². The minimum atomic E-state index is -0.627. The van der Waals surface area contributed by atoms with Crippen LogP contribution in [0.2, 0.25) is 5.02 Å². The van der Waals surface area contributed by atoms with Gasteiger partial charge in [-0.15, -0.1) is 0 Å². The van der Waals surface area contributed by atoms with Crippen molar-refractivity contribution in [3.8, 4) is 5.75 Å². The summed E-state index contributed by atoms with van der Waals surface area (Å²) < 4.78 is 5.74. The molecule has 0 aliphatic heterocycles. The van der Waals surface area contributed by atoms with Gasteiger partial charge < -0.3 is 15.8 Å². The number of benzene rings is 2. The standard InChI is InChI=1S/C17H19ClN2O2/c1-10-4-5-11(2)16(8-10)22-12(3)17(21)20-13-6-7-14(18)15(19)9-13/h4-9,12H,19H2,1-3H3,(H,20,21). The Balaban J connectivity index is 2.05. The third kappa shape index (κ3) is 3.92. The van der Waals surface area contributed by atoms with Crippen LogP contribution in [-0.4, -0.2) is 12.0 Å². The fourth-order valence-electron chi connectivity index (χ4n) is 1.94. The minimum Gasteiger partial charge on any atom is -0.481 e. The molecule has 0 heterocycles. The van der Waals surface area contributed by atoms with E-state index < -0.39 is 6.10 Å². The average Bonchev–Trinajstić information content (AvgIpc) is 2.46. The summed E-state index contributed by atoms with van der Waals surface area (Å²) in [4.78, 5) is 12.2. The van der Waals surface area contributed by atoms with E-state index in [-0.39, 0.29) is 5.91 Å². The van der Waals surface area contributed by atoms with Crippen LogP contribution in [-0.2, 0) is 4.79 Å². The van der Waals surface area contributed by atoms with Gasteiger partial charge in [0, 0.05) is 5.69 Å². The largest absolute Gasteiger partial charge is 0.481 e. The van der Waals surface area contributed by atoms with Crippen molar-refractivity contribution in [1.82, 2.24) is 0 Å². The van der Waals surface area contributed by atoms with E-state index in [2.05, 4.69) is 5.32 Å². The van der Waals surface area contributed by atoms with E-state index in [0.29, 0.717) is 22.1 Å². The molecule has 1 amide bonds. The van der Waals surface area contributed by atoms with Crippen LogP contribution < -0.4 is 15.8 Å². The second-order valence-corrected chi connectivity index (χ2v) is 5.66. The van der Waals surface area contributed by atoms with E-state index in [9.17, 15) is 4.79 Å². The number of nitrogen functional groups attached to an aromatic ring is 1. The topological polar surface area (TPSA) is 64.3 Å². The lowest BCUT2D eigenvalue weighted by Crippen LogP contribution is -2.30. The molecule has 0 radical (unpaired) electrons. The zero-order chi connectivity index (χ0) is 16.3. The molecule has 5 heteroatoms. The maximum atomic E-state index is 12.2. The van der Waals surface area contributed by atoms with Gasteiger partial charge in [0.15, 0.2) is 6.10 Å². The molecule has 0 aliphatic carbocycles. The van der Waals surface area contributed by atoms with Crippen molar-refractivity contribution in [1.29, 1.82) is 0 Å². The first kappa shape index (κ1) is 16.2. The molecule has 3 N–H and O–H groups in total. The SMILES string of the molecule is Cc1ccc(C)c(OC(C)C(=O)Nc2ccc(Cl)c(N)c2)c1. The molecule has 2 aromatic rings. The lowest BCUT2D eigenvalue weighted by Gasteiger charge is -2.17. The van der Waals surface area contributed by atoms with Crippen LogP contribution in [0.25, 0.3) is 0 Å². The highest BCUT2D eigenvalue weighted by Crippen LogP contribution is 2.23. The molecule has 1 unspecified atom stereocenters. The molecule has 0 saturated heterocycles. The van der Waals surface area contributed by atoms with Crippen LogP contribution in [0.3, 0.4) is 0 Å². The minimum absolute atomic E-state index is 0.248. The van der Waals surface area contributed by atoms with Gasteiger partial charge in [0.25, 0.3) is 5.91 Å². The third-order valence-corrected chi connectivity index (χ3v) is 3.62. The molecule has 2 aromatic carbocycles. The van der Waals surface area contributed by atoms with E-state index in [4.69, 9.17) is 22.1 Å². The number of nitrogens with two attached hydrogens (primary N) is 1. The maximum Gasteiger partial charge on any atom is 0.265 e. The summed E-state index contributed by atoms with van der Waals surface area (Å²) >= 11 is 5.86. The van der Waals surface area contributed by atoms with Crippen LogP contribution in [0.15, 0.2) is 36.4 Å². The summed E-state index contributed by atoms with van der Waals surface area (Å²) in [6.45, 7) is 5.63. The Bertz CT molecular complexity index is 701. The monoisotopic (exact) mass is 318 g/mol. The fraction of sp³-hybridized carbons (Fsp3) is 0.235. The molecule has 22 heavy (non-hydrogen) atoms. The number of amides is 1. The summed E-state index contributed by atoms with van der Waals surface area (Å²) in [6, 6.07) is 10.8. The number of ether oxygens (including phenoxy) is 1. The second kappa shape index (κ2) is 6.71. The van der Waals surface area contributed by atoms with Crippen LogP contribution >= 0.6 is 11.6 Å². The van der Waals surface area contributed by atoms with E-state index in [1.54, 1.807) is 25.1 Å². The Morgan fingerprint density at radius 3 is 2.64 bits per heavy atom. The van der Waals surface area contributed by atoms with Gasteiger partial charge in [-0.1, -0.05) is 23.7 Å². The second-order valence-electron chi connectivity index (χ2n) is 5.25. The number of hydrogen-bond acceptors (Lipinski definition) is 3. The number of nitrogens with one attached hydrogen (secondary N) is 1. The van der Waals surface area contributed by atoms with Gasteiger partial charge in [0.1, 0.15) is 5.75 Å². The Morgan fingerprint density at radius 1 is 1.23 bits per heavy atom. The number of carbonyl (C=O) groups is 1. The summed E-state index contributed by atoms with van der Waals surface area (Å²) in [6.07, 6.45) is -0.627. The smallest absolute Gasteiger partial charge is 0.265 e. The first-order valence-corrected chi connectivity index (χ1v) is 7.34. The van der Waals surface area contributed by atoms with Gasteiger partial charge in [0.2, 0.25) is 0 Å². The molecule has 0 bridgehead atoms. The molecule has 0 spiro atoms. The van der Waals surface area contributed by atoms with Crippen LogP contribution in [0.4, 0.5) is 11.4 Å². The highest BCUT2D eigenvalue weighted by molar-refractivity contribution is 6.33. The van der Waals surface area contributed by atoms with Crippen molar-refractivity contribution in [2.45, 2.75) is 26.9 Å². The highest BCUT2D eigenvalue weighted by atomic mass is 35.5. The zero-order valence-electron chi connectivity index (χ0n) is 12.8. The number of anilines is 2. The Labute approximate surface area is 135 Å². The zero-order valence-corrected chi connectivity index (χ0v) is 13.6. The van der Waals surface area contributed by atoms with Gasteiger partial charge in [-0.05, 0) is 56.2 Å². The number of halogens is 1. The number of aryl methyl sites for hydroxylation is 2. The molecular weight excluding hydrogens is 300 g/mol. The molecular formula is C17H19ClN2O2. The normalized spacial score (nSPS) is 11.8. The van der Waals surface area contributed by atoms with Crippen LogP contribution in [0.5, 0.6) is 5.75 Å². The van der Waals surface area contributed by atoms with Crippen molar-refractivity contribution in [3.63, 3.8) is 0 Å². The Kier molecular flexibility index (Phi) is 4.93. The molecule has 4 nitrogen and oxygen atoms in total. The predicted molar refractivity (Wildman–Crippen MR) is 90.5 cm³/mol. The number of rotatable bonds is 4. The molecule has 116 valence electrons. The van der Waals surface area contributed by atoms with Gasteiger partial charge >= 0.3 is 0 Å². The van der Waals surface area contributed by atoms with Crippen LogP contribution in [0.1, 0.15) is 18.1 Å². The maximum absolute atomic E-state index is 12.2.